The molecule has 0 spiro atoms. The first-order chi connectivity index (χ1) is 9.69. The third-order valence-corrected chi connectivity index (χ3v) is 3.86. The number of amides is 1. The Labute approximate surface area is 126 Å². The summed E-state index contributed by atoms with van der Waals surface area (Å²) in [6.45, 7) is 2.58. The fourth-order valence-corrected chi connectivity index (χ4v) is 2.69. The van der Waals surface area contributed by atoms with Crippen LogP contribution in [0.3, 0.4) is 0 Å². The molecule has 20 heavy (non-hydrogen) atoms. The minimum absolute atomic E-state index is 0.0346. The molecule has 1 aliphatic carbocycles. The van der Waals surface area contributed by atoms with Crippen LogP contribution in [0.5, 0.6) is 5.75 Å². The van der Waals surface area contributed by atoms with Gasteiger partial charge in [-0.2, -0.15) is 12.6 Å². The van der Waals surface area contributed by atoms with Crippen LogP contribution in [-0.2, 0) is 11.3 Å². The number of benzene rings is 1. The first kappa shape index (κ1) is 15.2. The molecule has 0 atom stereocenters. The lowest BCUT2D eigenvalue weighted by atomic mass is 10.1. The monoisotopic (exact) mass is 293 g/mol. The fourth-order valence-electron chi connectivity index (χ4n) is 2.49. The van der Waals surface area contributed by atoms with Gasteiger partial charge in [-0.1, -0.05) is 12.1 Å². The second-order valence-corrected chi connectivity index (χ2v) is 5.83. The van der Waals surface area contributed by atoms with Gasteiger partial charge in [-0.15, -0.1) is 0 Å². The zero-order chi connectivity index (χ0) is 14.4. The molecule has 0 radical (unpaired) electrons. The second-order valence-electron chi connectivity index (χ2n) is 5.39. The van der Waals surface area contributed by atoms with E-state index in [4.69, 9.17) is 4.74 Å². The minimum Gasteiger partial charge on any atom is -0.490 e. The van der Waals surface area contributed by atoms with Crippen molar-refractivity contribution in [1.82, 2.24) is 5.32 Å². The van der Waals surface area contributed by atoms with Crippen LogP contribution >= 0.6 is 12.6 Å². The summed E-state index contributed by atoms with van der Waals surface area (Å²) in [4.78, 5) is 11.5. The van der Waals surface area contributed by atoms with E-state index < -0.39 is 0 Å². The summed E-state index contributed by atoms with van der Waals surface area (Å²) in [5.74, 6) is 1.53. The highest BCUT2D eigenvalue weighted by molar-refractivity contribution is 7.80. The van der Waals surface area contributed by atoms with Gasteiger partial charge >= 0.3 is 0 Å². The van der Waals surface area contributed by atoms with E-state index in [1.807, 2.05) is 6.07 Å². The number of hydrogen-bond donors (Lipinski definition) is 2. The lowest BCUT2D eigenvalue weighted by Gasteiger charge is -2.17. The van der Waals surface area contributed by atoms with Crippen molar-refractivity contribution in [2.75, 3.05) is 5.75 Å². The highest BCUT2D eigenvalue weighted by Gasteiger charge is 2.18. The van der Waals surface area contributed by atoms with Crippen LogP contribution in [0, 0.1) is 6.92 Å². The Morgan fingerprint density at radius 1 is 1.40 bits per heavy atom. The van der Waals surface area contributed by atoms with Crippen LogP contribution in [0.4, 0.5) is 0 Å². The normalized spacial score (nSPS) is 15.3. The summed E-state index contributed by atoms with van der Waals surface area (Å²) < 4.78 is 6.11. The number of thiol groups is 1. The maximum absolute atomic E-state index is 11.5. The number of nitrogens with one attached hydrogen (secondary N) is 1. The van der Waals surface area contributed by atoms with Crippen LogP contribution in [0.15, 0.2) is 18.2 Å². The molecule has 0 unspecified atom stereocenters. The summed E-state index contributed by atoms with van der Waals surface area (Å²) >= 11 is 4.07. The maximum Gasteiger partial charge on any atom is 0.221 e. The Bertz CT molecular complexity index is 456. The predicted molar refractivity (Wildman–Crippen MR) is 84.4 cm³/mol. The molecule has 4 heteroatoms. The number of carbonyl (C=O) groups is 1. The van der Waals surface area contributed by atoms with E-state index in [0.29, 0.717) is 24.8 Å². The molecular formula is C16H23NO2S. The van der Waals surface area contributed by atoms with Gasteiger partial charge in [-0.05, 0) is 50.0 Å². The van der Waals surface area contributed by atoms with Crippen molar-refractivity contribution in [3.63, 3.8) is 0 Å². The zero-order valence-electron chi connectivity index (χ0n) is 12.0. The molecular weight excluding hydrogens is 270 g/mol. The number of ether oxygens (including phenoxy) is 1. The molecule has 2 rings (SSSR count). The average molecular weight is 293 g/mol. The largest absolute Gasteiger partial charge is 0.490 e. The topological polar surface area (TPSA) is 38.3 Å². The lowest BCUT2D eigenvalue weighted by Crippen LogP contribution is -2.23. The highest BCUT2D eigenvalue weighted by Crippen LogP contribution is 2.27. The third-order valence-electron chi connectivity index (χ3n) is 3.63. The van der Waals surface area contributed by atoms with Crippen molar-refractivity contribution in [3.05, 3.63) is 29.3 Å². The summed E-state index contributed by atoms with van der Waals surface area (Å²) in [5, 5.41) is 2.92. The van der Waals surface area contributed by atoms with Crippen LogP contribution in [0.1, 0.15) is 43.2 Å². The van der Waals surface area contributed by atoms with Gasteiger partial charge in [0.15, 0.2) is 0 Å². The van der Waals surface area contributed by atoms with E-state index in [1.165, 1.54) is 18.4 Å². The van der Waals surface area contributed by atoms with E-state index in [0.717, 1.165) is 24.2 Å². The Balaban J connectivity index is 2.01. The van der Waals surface area contributed by atoms with Crippen molar-refractivity contribution >= 4 is 18.5 Å². The summed E-state index contributed by atoms with van der Waals surface area (Å²) in [7, 11) is 0. The van der Waals surface area contributed by atoms with Crippen molar-refractivity contribution in [2.24, 2.45) is 0 Å². The van der Waals surface area contributed by atoms with Gasteiger partial charge in [0.2, 0.25) is 5.91 Å². The maximum atomic E-state index is 11.5. The molecule has 1 amide bonds. The minimum atomic E-state index is 0.0346. The van der Waals surface area contributed by atoms with Crippen LogP contribution in [0.25, 0.3) is 0 Å². The number of hydrogen-bond acceptors (Lipinski definition) is 3. The van der Waals surface area contributed by atoms with Gasteiger partial charge in [0, 0.05) is 18.5 Å². The molecule has 0 bridgehead atoms. The van der Waals surface area contributed by atoms with E-state index in [1.54, 1.807) is 0 Å². The van der Waals surface area contributed by atoms with Crippen molar-refractivity contribution in [3.8, 4) is 5.75 Å². The van der Waals surface area contributed by atoms with Crippen LogP contribution < -0.4 is 10.1 Å². The number of aryl methyl sites for hydroxylation is 1. The molecule has 110 valence electrons. The van der Waals surface area contributed by atoms with E-state index in [-0.39, 0.29) is 5.91 Å². The van der Waals surface area contributed by atoms with Gasteiger partial charge in [0.25, 0.3) is 0 Å². The SMILES string of the molecule is Cc1ccc(CNC(=O)CCS)c(OC2CCCC2)c1. The van der Waals surface area contributed by atoms with Gasteiger partial charge in [0.05, 0.1) is 6.10 Å². The van der Waals surface area contributed by atoms with Gasteiger partial charge < -0.3 is 10.1 Å². The van der Waals surface area contributed by atoms with Crippen LogP contribution in [0.2, 0.25) is 0 Å². The van der Waals surface area contributed by atoms with Crippen molar-refractivity contribution in [1.29, 1.82) is 0 Å². The van der Waals surface area contributed by atoms with Crippen LogP contribution in [-0.4, -0.2) is 17.8 Å². The fraction of sp³-hybridized carbons (Fsp3) is 0.562. The Morgan fingerprint density at radius 3 is 2.85 bits per heavy atom. The van der Waals surface area contributed by atoms with Gasteiger partial charge in [-0.3, -0.25) is 4.79 Å². The first-order valence-electron chi connectivity index (χ1n) is 7.33. The Morgan fingerprint density at radius 2 is 2.15 bits per heavy atom. The molecule has 1 saturated carbocycles. The molecule has 0 heterocycles. The molecule has 1 fully saturated rings. The smallest absolute Gasteiger partial charge is 0.221 e. The second kappa shape index (κ2) is 7.58. The summed E-state index contributed by atoms with van der Waals surface area (Å²) in [6.07, 6.45) is 5.57. The summed E-state index contributed by atoms with van der Waals surface area (Å²) in [6, 6.07) is 6.17. The zero-order valence-corrected chi connectivity index (χ0v) is 12.9. The molecule has 1 aliphatic rings. The molecule has 1 aromatic rings. The standard InChI is InChI=1S/C16H23NO2S/c1-12-6-7-13(11-17-16(18)8-9-20)15(10-12)19-14-4-2-3-5-14/h6-7,10,14,20H,2-5,8-9,11H2,1H3,(H,17,18). The Hall–Kier alpha value is -1.16. The molecule has 1 N–H and O–H groups in total. The third kappa shape index (κ3) is 4.44. The van der Waals surface area contributed by atoms with E-state index in [9.17, 15) is 4.79 Å². The van der Waals surface area contributed by atoms with Gasteiger partial charge in [-0.25, -0.2) is 0 Å². The number of rotatable bonds is 6. The summed E-state index contributed by atoms with van der Waals surface area (Å²) in [5.41, 5.74) is 2.23. The molecule has 0 aliphatic heterocycles. The van der Waals surface area contributed by atoms with Crippen molar-refractivity contribution < 1.29 is 9.53 Å². The number of carbonyl (C=O) groups excluding carboxylic acids is 1. The highest BCUT2D eigenvalue weighted by atomic mass is 32.1. The van der Waals surface area contributed by atoms with E-state index >= 15 is 0 Å². The average Bonchev–Trinajstić information content (AvgIpc) is 2.91. The lowest BCUT2D eigenvalue weighted by molar-refractivity contribution is -0.120. The first-order valence-corrected chi connectivity index (χ1v) is 7.96. The molecule has 0 saturated heterocycles. The molecule has 1 aromatic carbocycles. The van der Waals surface area contributed by atoms with E-state index in [2.05, 4.69) is 37.0 Å². The van der Waals surface area contributed by atoms with Crippen molar-refractivity contribution in [2.45, 2.75) is 51.7 Å². The predicted octanol–water partition coefficient (Wildman–Crippen LogP) is 3.25. The Kier molecular flexibility index (Phi) is 5.77. The molecule has 0 aromatic heterocycles. The quantitative estimate of drug-likeness (QED) is 0.790. The molecule has 3 nitrogen and oxygen atoms in total. The van der Waals surface area contributed by atoms with Gasteiger partial charge in [0.1, 0.15) is 5.75 Å².